The largest absolute Gasteiger partial charge is 0.481 e. The standard InChI is InChI=1S/C10H12N4O2/c1-10(2,8(15)16)6-13-9-12-4-3-7(5-11)14-9/h3-4H,6H2,1-2H3,(H,15,16)(H,12,13,14). The minimum atomic E-state index is -0.911. The fourth-order valence-electron chi connectivity index (χ4n) is 0.882. The zero-order valence-corrected chi connectivity index (χ0v) is 9.06. The Kier molecular flexibility index (Phi) is 3.40. The monoisotopic (exact) mass is 220 g/mol. The molecule has 0 aliphatic carbocycles. The van der Waals surface area contributed by atoms with Crippen molar-refractivity contribution in [1.82, 2.24) is 9.97 Å². The van der Waals surface area contributed by atoms with Crippen molar-refractivity contribution in [2.24, 2.45) is 5.41 Å². The third kappa shape index (κ3) is 2.92. The van der Waals surface area contributed by atoms with Gasteiger partial charge in [-0.05, 0) is 19.9 Å². The number of nitriles is 1. The third-order valence-corrected chi connectivity index (χ3v) is 2.04. The summed E-state index contributed by atoms with van der Waals surface area (Å²) in [7, 11) is 0. The van der Waals surface area contributed by atoms with Crippen LogP contribution in [0.4, 0.5) is 5.95 Å². The van der Waals surface area contributed by atoms with Gasteiger partial charge in [-0.15, -0.1) is 0 Å². The summed E-state index contributed by atoms with van der Waals surface area (Å²) < 4.78 is 0. The summed E-state index contributed by atoms with van der Waals surface area (Å²) >= 11 is 0. The molecule has 1 heterocycles. The maximum Gasteiger partial charge on any atom is 0.310 e. The molecule has 2 N–H and O–H groups in total. The Hall–Kier alpha value is -2.16. The van der Waals surface area contributed by atoms with Crippen LogP contribution in [0.25, 0.3) is 0 Å². The number of aliphatic carboxylic acids is 1. The highest BCUT2D eigenvalue weighted by atomic mass is 16.4. The third-order valence-electron chi connectivity index (χ3n) is 2.04. The fraction of sp³-hybridized carbons (Fsp3) is 0.400. The number of carboxylic acids is 1. The fourth-order valence-corrected chi connectivity index (χ4v) is 0.882. The van der Waals surface area contributed by atoms with Crippen molar-refractivity contribution in [2.75, 3.05) is 11.9 Å². The Morgan fingerprint density at radius 3 is 2.94 bits per heavy atom. The number of rotatable bonds is 4. The number of carboxylic acid groups (broad SMARTS) is 1. The van der Waals surface area contributed by atoms with Gasteiger partial charge in [0.1, 0.15) is 11.8 Å². The Labute approximate surface area is 93.0 Å². The second-order valence-electron chi connectivity index (χ2n) is 3.92. The van der Waals surface area contributed by atoms with Crippen LogP contribution in [0.1, 0.15) is 19.5 Å². The second kappa shape index (κ2) is 4.57. The molecular weight excluding hydrogens is 208 g/mol. The van der Waals surface area contributed by atoms with E-state index in [-0.39, 0.29) is 18.2 Å². The van der Waals surface area contributed by atoms with E-state index in [1.54, 1.807) is 13.8 Å². The van der Waals surface area contributed by atoms with E-state index in [9.17, 15) is 4.79 Å². The Balaban J connectivity index is 2.69. The lowest BCUT2D eigenvalue weighted by atomic mass is 9.94. The first-order valence-corrected chi connectivity index (χ1v) is 4.66. The first-order valence-electron chi connectivity index (χ1n) is 4.66. The van der Waals surface area contributed by atoms with Gasteiger partial charge >= 0.3 is 5.97 Å². The van der Waals surface area contributed by atoms with Crippen molar-refractivity contribution < 1.29 is 9.90 Å². The lowest BCUT2D eigenvalue weighted by Gasteiger charge is -2.19. The van der Waals surface area contributed by atoms with Gasteiger partial charge in [-0.3, -0.25) is 4.79 Å². The molecule has 0 aliphatic heterocycles. The van der Waals surface area contributed by atoms with Gasteiger partial charge in [-0.1, -0.05) is 0 Å². The molecule has 0 saturated heterocycles. The molecule has 0 bridgehead atoms. The van der Waals surface area contributed by atoms with Crippen molar-refractivity contribution in [3.63, 3.8) is 0 Å². The average Bonchev–Trinajstić information content (AvgIpc) is 2.26. The van der Waals surface area contributed by atoms with Crippen molar-refractivity contribution in [2.45, 2.75) is 13.8 Å². The van der Waals surface area contributed by atoms with E-state index in [1.807, 2.05) is 6.07 Å². The SMILES string of the molecule is CC(C)(CNc1nccc(C#N)n1)C(=O)O. The first-order chi connectivity index (χ1) is 7.45. The van der Waals surface area contributed by atoms with Crippen LogP contribution >= 0.6 is 0 Å². The van der Waals surface area contributed by atoms with Crippen molar-refractivity contribution in [3.8, 4) is 6.07 Å². The summed E-state index contributed by atoms with van der Waals surface area (Å²) in [5, 5.41) is 20.3. The summed E-state index contributed by atoms with van der Waals surface area (Å²) in [5.41, 5.74) is -0.669. The lowest BCUT2D eigenvalue weighted by Crippen LogP contribution is -2.32. The van der Waals surface area contributed by atoms with Gasteiger partial charge < -0.3 is 10.4 Å². The van der Waals surface area contributed by atoms with Gasteiger partial charge in [-0.25, -0.2) is 9.97 Å². The molecule has 1 rings (SSSR count). The number of hydrogen-bond acceptors (Lipinski definition) is 5. The lowest BCUT2D eigenvalue weighted by molar-refractivity contribution is -0.146. The molecule has 1 aromatic heterocycles. The molecule has 0 atom stereocenters. The molecule has 0 unspecified atom stereocenters. The van der Waals surface area contributed by atoms with Crippen LogP contribution in [0.2, 0.25) is 0 Å². The average molecular weight is 220 g/mol. The molecule has 6 nitrogen and oxygen atoms in total. The Bertz CT molecular complexity index is 437. The van der Waals surface area contributed by atoms with Crippen molar-refractivity contribution in [1.29, 1.82) is 5.26 Å². The van der Waals surface area contributed by atoms with Crippen LogP contribution < -0.4 is 5.32 Å². The predicted molar refractivity (Wildman–Crippen MR) is 56.7 cm³/mol. The maximum absolute atomic E-state index is 10.8. The van der Waals surface area contributed by atoms with Gasteiger partial charge in [0.15, 0.2) is 0 Å². The molecule has 0 fully saturated rings. The number of carbonyl (C=O) groups is 1. The van der Waals surface area contributed by atoms with Crippen LogP contribution in [-0.2, 0) is 4.79 Å². The molecule has 0 aliphatic rings. The van der Waals surface area contributed by atoms with Crippen molar-refractivity contribution >= 4 is 11.9 Å². The van der Waals surface area contributed by atoms with E-state index in [2.05, 4.69) is 15.3 Å². The molecule has 0 radical (unpaired) electrons. The molecule has 0 aromatic carbocycles. The Morgan fingerprint density at radius 2 is 2.38 bits per heavy atom. The topological polar surface area (TPSA) is 98.9 Å². The highest BCUT2D eigenvalue weighted by molar-refractivity contribution is 5.74. The summed E-state index contributed by atoms with van der Waals surface area (Å²) in [5.74, 6) is -0.648. The quantitative estimate of drug-likeness (QED) is 0.781. The van der Waals surface area contributed by atoms with E-state index >= 15 is 0 Å². The van der Waals surface area contributed by atoms with Gasteiger partial charge in [0, 0.05) is 12.7 Å². The number of anilines is 1. The molecular formula is C10H12N4O2. The number of nitrogens with zero attached hydrogens (tertiary/aromatic N) is 3. The highest BCUT2D eigenvalue weighted by Crippen LogP contribution is 2.15. The van der Waals surface area contributed by atoms with Crippen molar-refractivity contribution in [3.05, 3.63) is 18.0 Å². The summed E-state index contributed by atoms with van der Waals surface area (Å²) in [6, 6.07) is 3.36. The van der Waals surface area contributed by atoms with Crippen LogP contribution in [0.15, 0.2) is 12.3 Å². The molecule has 84 valence electrons. The zero-order valence-electron chi connectivity index (χ0n) is 9.06. The number of aromatic nitrogens is 2. The first kappa shape index (κ1) is 11.9. The second-order valence-corrected chi connectivity index (χ2v) is 3.92. The predicted octanol–water partition coefficient (Wildman–Crippen LogP) is 0.871. The van der Waals surface area contributed by atoms with Gasteiger partial charge in [0.2, 0.25) is 5.95 Å². The zero-order chi connectivity index (χ0) is 12.2. The minimum Gasteiger partial charge on any atom is -0.481 e. The molecule has 1 aromatic rings. The molecule has 0 amide bonds. The minimum absolute atomic E-state index is 0.192. The number of hydrogen-bond donors (Lipinski definition) is 2. The van der Waals surface area contributed by atoms with Crippen LogP contribution in [0.5, 0.6) is 0 Å². The smallest absolute Gasteiger partial charge is 0.310 e. The van der Waals surface area contributed by atoms with Gasteiger partial charge in [0.05, 0.1) is 5.41 Å². The Morgan fingerprint density at radius 1 is 1.69 bits per heavy atom. The van der Waals surface area contributed by atoms with Crippen LogP contribution in [0.3, 0.4) is 0 Å². The maximum atomic E-state index is 10.8. The molecule has 16 heavy (non-hydrogen) atoms. The highest BCUT2D eigenvalue weighted by Gasteiger charge is 2.26. The van der Waals surface area contributed by atoms with Crippen LogP contribution in [-0.4, -0.2) is 27.6 Å². The summed E-state index contributed by atoms with van der Waals surface area (Å²) in [6.07, 6.45) is 1.45. The van der Waals surface area contributed by atoms with E-state index in [1.165, 1.54) is 12.3 Å². The number of nitrogens with one attached hydrogen (secondary N) is 1. The molecule has 6 heteroatoms. The van der Waals surface area contributed by atoms with E-state index in [0.717, 1.165) is 0 Å². The van der Waals surface area contributed by atoms with E-state index in [0.29, 0.717) is 0 Å². The van der Waals surface area contributed by atoms with E-state index < -0.39 is 11.4 Å². The molecule has 0 spiro atoms. The van der Waals surface area contributed by atoms with Gasteiger partial charge in [0.25, 0.3) is 0 Å². The van der Waals surface area contributed by atoms with E-state index in [4.69, 9.17) is 10.4 Å². The van der Waals surface area contributed by atoms with Gasteiger partial charge in [-0.2, -0.15) is 5.26 Å². The van der Waals surface area contributed by atoms with Crippen LogP contribution in [0, 0.1) is 16.7 Å². The summed E-state index contributed by atoms with van der Waals surface area (Å²) in [4.78, 5) is 18.6. The molecule has 0 saturated carbocycles. The normalized spacial score (nSPS) is 10.6. The summed E-state index contributed by atoms with van der Waals surface area (Å²) in [6.45, 7) is 3.38.